The van der Waals surface area contributed by atoms with Crippen LogP contribution < -0.4 is 5.32 Å². The average molecular weight is 377 g/mol. The fourth-order valence-corrected chi connectivity index (χ4v) is 3.60. The molecule has 21 heavy (non-hydrogen) atoms. The Morgan fingerprint density at radius 2 is 1.86 bits per heavy atom. The van der Waals surface area contributed by atoms with Crippen molar-refractivity contribution in [1.82, 2.24) is 4.31 Å². The van der Waals surface area contributed by atoms with Crippen LogP contribution in [0.1, 0.15) is 6.42 Å². The number of rotatable bonds is 5. The maximum absolute atomic E-state index is 12.1. The number of carbonyl (C=O) groups is 1. The molecule has 1 saturated heterocycles. The van der Waals surface area contributed by atoms with Crippen LogP contribution in [0.15, 0.2) is 28.7 Å². The zero-order valence-electron chi connectivity index (χ0n) is 11.4. The molecule has 1 aromatic carbocycles. The van der Waals surface area contributed by atoms with Crippen molar-refractivity contribution < 1.29 is 17.9 Å². The summed E-state index contributed by atoms with van der Waals surface area (Å²) < 4.78 is 31.6. The number of amides is 1. The predicted octanol–water partition coefficient (Wildman–Crippen LogP) is 1.44. The molecule has 1 amide bonds. The fraction of sp³-hybridized carbons (Fsp3) is 0.462. The van der Waals surface area contributed by atoms with Crippen LogP contribution >= 0.6 is 15.9 Å². The highest BCUT2D eigenvalue weighted by molar-refractivity contribution is 9.10. The summed E-state index contributed by atoms with van der Waals surface area (Å²) in [6.07, 6.45) is -0.0598. The lowest BCUT2D eigenvalue weighted by molar-refractivity contribution is -0.115. The zero-order valence-corrected chi connectivity index (χ0v) is 13.8. The summed E-state index contributed by atoms with van der Waals surface area (Å²) in [7, 11) is -3.39. The largest absolute Gasteiger partial charge is 0.379 e. The molecule has 1 fully saturated rings. The van der Waals surface area contributed by atoms with Crippen molar-refractivity contribution in [2.75, 3.05) is 37.4 Å². The van der Waals surface area contributed by atoms with Crippen molar-refractivity contribution in [2.24, 2.45) is 0 Å². The molecule has 0 unspecified atom stereocenters. The highest BCUT2D eigenvalue weighted by atomic mass is 79.9. The molecule has 1 N–H and O–H groups in total. The van der Waals surface area contributed by atoms with Crippen LogP contribution in [0.4, 0.5) is 5.69 Å². The number of anilines is 1. The van der Waals surface area contributed by atoms with Crippen molar-refractivity contribution in [3.05, 3.63) is 28.7 Å². The lowest BCUT2D eigenvalue weighted by Gasteiger charge is -2.25. The number of hydrogen-bond donors (Lipinski definition) is 1. The first-order valence-corrected chi connectivity index (χ1v) is 8.98. The monoisotopic (exact) mass is 376 g/mol. The minimum absolute atomic E-state index is 0.0598. The standard InChI is InChI=1S/C13H17BrN2O4S/c14-11-1-3-12(4-2-11)15-13(17)5-10-21(18,19)16-6-8-20-9-7-16/h1-4H,5-10H2,(H,15,17). The van der Waals surface area contributed by atoms with E-state index in [0.29, 0.717) is 32.0 Å². The summed E-state index contributed by atoms with van der Waals surface area (Å²) in [5.74, 6) is -0.496. The molecule has 0 spiro atoms. The number of ether oxygens (including phenoxy) is 1. The van der Waals surface area contributed by atoms with E-state index in [-0.39, 0.29) is 18.1 Å². The van der Waals surface area contributed by atoms with Gasteiger partial charge in [0.1, 0.15) is 0 Å². The van der Waals surface area contributed by atoms with E-state index in [1.165, 1.54) is 4.31 Å². The molecule has 0 saturated carbocycles. The molecule has 1 aliphatic rings. The first-order valence-electron chi connectivity index (χ1n) is 6.58. The summed E-state index contributed by atoms with van der Waals surface area (Å²) in [5.41, 5.74) is 0.645. The van der Waals surface area contributed by atoms with Crippen molar-refractivity contribution in [3.8, 4) is 0 Å². The predicted molar refractivity (Wildman–Crippen MR) is 83.6 cm³/mol. The van der Waals surface area contributed by atoms with Crippen LogP contribution in [0.25, 0.3) is 0 Å². The summed E-state index contributed by atoms with van der Waals surface area (Å²) in [6.45, 7) is 1.53. The summed E-state index contributed by atoms with van der Waals surface area (Å²) in [4.78, 5) is 11.8. The Bertz CT molecular complexity index is 583. The number of carbonyl (C=O) groups excluding carboxylic acids is 1. The van der Waals surface area contributed by atoms with E-state index in [0.717, 1.165) is 4.47 Å². The minimum Gasteiger partial charge on any atom is -0.379 e. The van der Waals surface area contributed by atoms with Gasteiger partial charge < -0.3 is 10.1 Å². The molecule has 0 atom stereocenters. The Morgan fingerprint density at radius 1 is 1.24 bits per heavy atom. The van der Waals surface area contributed by atoms with Crippen LogP contribution in [0, 0.1) is 0 Å². The maximum Gasteiger partial charge on any atom is 0.225 e. The highest BCUT2D eigenvalue weighted by Gasteiger charge is 2.24. The lowest BCUT2D eigenvalue weighted by atomic mass is 10.3. The molecule has 0 radical (unpaired) electrons. The molecule has 1 aromatic rings. The minimum atomic E-state index is -3.39. The lowest BCUT2D eigenvalue weighted by Crippen LogP contribution is -2.42. The Balaban J connectivity index is 1.84. The topological polar surface area (TPSA) is 75.7 Å². The van der Waals surface area contributed by atoms with Crippen LogP contribution in [-0.4, -0.2) is 50.7 Å². The van der Waals surface area contributed by atoms with Gasteiger partial charge in [0.15, 0.2) is 0 Å². The van der Waals surface area contributed by atoms with E-state index < -0.39 is 10.0 Å². The third-order valence-electron chi connectivity index (χ3n) is 3.08. The molecule has 0 aliphatic carbocycles. The van der Waals surface area contributed by atoms with Gasteiger partial charge in [-0.25, -0.2) is 8.42 Å². The van der Waals surface area contributed by atoms with E-state index in [1.54, 1.807) is 24.3 Å². The molecule has 0 aromatic heterocycles. The van der Waals surface area contributed by atoms with E-state index in [2.05, 4.69) is 21.2 Å². The Labute approximate surface area is 132 Å². The van der Waals surface area contributed by atoms with Gasteiger partial charge >= 0.3 is 0 Å². The molecule has 2 rings (SSSR count). The Hall–Kier alpha value is -0.960. The third-order valence-corrected chi connectivity index (χ3v) is 5.48. The van der Waals surface area contributed by atoms with Crippen molar-refractivity contribution in [1.29, 1.82) is 0 Å². The van der Waals surface area contributed by atoms with Gasteiger partial charge in [-0.05, 0) is 24.3 Å². The normalized spacial score (nSPS) is 16.6. The number of benzene rings is 1. The van der Waals surface area contributed by atoms with Crippen LogP contribution in [0.3, 0.4) is 0 Å². The second kappa shape index (κ2) is 7.35. The number of sulfonamides is 1. The zero-order chi connectivity index (χ0) is 15.3. The van der Waals surface area contributed by atoms with Crippen LogP contribution in [-0.2, 0) is 19.6 Å². The smallest absolute Gasteiger partial charge is 0.225 e. The number of nitrogens with zero attached hydrogens (tertiary/aromatic N) is 1. The Morgan fingerprint density at radius 3 is 2.48 bits per heavy atom. The van der Waals surface area contributed by atoms with Gasteiger partial charge in [-0.1, -0.05) is 15.9 Å². The quantitative estimate of drug-likeness (QED) is 0.843. The van der Waals surface area contributed by atoms with Crippen molar-refractivity contribution >= 4 is 37.5 Å². The highest BCUT2D eigenvalue weighted by Crippen LogP contribution is 2.14. The van der Waals surface area contributed by atoms with Gasteiger partial charge in [-0.3, -0.25) is 4.79 Å². The van der Waals surface area contributed by atoms with E-state index in [1.807, 2.05) is 0 Å². The van der Waals surface area contributed by atoms with Crippen LogP contribution in [0.5, 0.6) is 0 Å². The summed E-state index contributed by atoms with van der Waals surface area (Å²) in [5, 5.41) is 2.68. The molecular weight excluding hydrogens is 360 g/mol. The molecule has 0 bridgehead atoms. The summed E-state index contributed by atoms with van der Waals surface area (Å²) >= 11 is 3.30. The van der Waals surface area contributed by atoms with E-state index in [4.69, 9.17) is 4.74 Å². The molecule has 1 heterocycles. The van der Waals surface area contributed by atoms with Crippen LogP contribution in [0.2, 0.25) is 0 Å². The fourth-order valence-electron chi connectivity index (χ4n) is 1.93. The molecular formula is C13H17BrN2O4S. The SMILES string of the molecule is O=C(CCS(=O)(=O)N1CCOCC1)Nc1ccc(Br)cc1. The first kappa shape index (κ1) is 16.4. The number of nitrogens with one attached hydrogen (secondary N) is 1. The number of halogens is 1. The van der Waals surface area contributed by atoms with Gasteiger partial charge in [0.2, 0.25) is 15.9 Å². The molecule has 6 nitrogen and oxygen atoms in total. The third kappa shape index (κ3) is 5.06. The van der Waals surface area contributed by atoms with Gasteiger partial charge in [-0.15, -0.1) is 0 Å². The second-order valence-electron chi connectivity index (χ2n) is 4.63. The van der Waals surface area contributed by atoms with Gasteiger partial charge in [0.25, 0.3) is 0 Å². The molecule has 116 valence electrons. The van der Waals surface area contributed by atoms with E-state index in [9.17, 15) is 13.2 Å². The maximum atomic E-state index is 12.1. The number of hydrogen-bond acceptors (Lipinski definition) is 4. The molecule has 8 heteroatoms. The first-order chi connectivity index (χ1) is 9.97. The number of morpholine rings is 1. The second-order valence-corrected chi connectivity index (χ2v) is 7.64. The van der Waals surface area contributed by atoms with Crippen molar-refractivity contribution in [2.45, 2.75) is 6.42 Å². The average Bonchev–Trinajstić information content (AvgIpc) is 2.49. The van der Waals surface area contributed by atoms with Gasteiger partial charge in [-0.2, -0.15) is 4.31 Å². The molecule has 1 aliphatic heterocycles. The van der Waals surface area contributed by atoms with Gasteiger partial charge in [0, 0.05) is 29.7 Å². The Kier molecular flexibility index (Phi) is 5.74. The van der Waals surface area contributed by atoms with E-state index >= 15 is 0 Å². The van der Waals surface area contributed by atoms with Gasteiger partial charge in [0.05, 0.1) is 19.0 Å². The van der Waals surface area contributed by atoms with Crippen molar-refractivity contribution in [3.63, 3.8) is 0 Å². The summed E-state index contributed by atoms with van der Waals surface area (Å²) in [6, 6.07) is 7.11.